The van der Waals surface area contributed by atoms with Gasteiger partial charge in [-0.05, 0) is 54.9 Å². The van der Waals surface area contributed by atoms with Crippen molar-refractivity contribution >= 4 is 23.0 Å². The smallest absolute Gasteiger partial charge is 0.178 e. The minimum atomic E-state index is 0.0715. The second kappa shape index (κ2) is 8.23. The van der Waals surface area contributed by atoms with E-state index >= 15 is 0 Å². The Balaban J connectivity index is 1.93. The second-order valence-electron chi connectivity index (χ2n) is 11.3. The lowest BCUT2D eigenvalue weighted by Gasteiger charge is -2.29. The minimum absolute atomic E-state index is 0.0715. The predicted octanol–water partition coefficient (Wildman–Crippen LogP) is 7.29. The topological polar surface area (TPSA) is 32.3 Å². The number of anilines is 4. The first-order valence-corrected chi connectivity index (χ1v) is 11.6. The first-order chi connectivity index (χ1) is 15.0. The molecule has 4 rings (SSSR count). The molecular formula is C28H36N4. The molecule has 0 atom stereocenters. The zero-order valence-corrected chi connectivity index (χ0v) is 20.6. The highest BCUT2D eigenvalue weighted by Crippen LogP contribution is 2.46. The fourth-order valence-corrected chi connectivity index (χ4v) is 4.42. The molecule has 0 radical (unpaired) electrons. The van der Waals surface area contributed by atoms with Crippen LogP contribution < -0.4 is 9.80 Å². The number of fused-ring (bicyclic) bond motifs is 1. The van der Waals surface area contributed by atoms with E-state index in [0.29, 0.717) is 0 Å². The van der Waals surface area contributed by atoms with E-state index in [4.69, 9.17) is 9.97 Å². The summed E-state index contributed by atoms with van der Waals surface area (Å²) in [6.45, 7) is 15.9. The van der Waals surface area contributed by atoms with Crippen LogP contribution in [-0.2, 0) is 12.8 Å². The maximum absolute atomic E-state index is 5.33. The van der Waals surface area contributed by atoms with Crippen LogP contribution in [-0.4, -0.2) is 16.1 Å². The van der Waals surface area contributed by atoms with Crippen molar-refractivity contribution in [1.82, 2.24) is 9.97 Å². The maximum atomic E-state index is 5.33. The first-order valence-electron chi connectivity index (χ1n) is 11.6. The predicted molar refractivity (Wildman–Crippen MR) is 135 cm³/mol. The Morgan fingerprint density at radius 2 is 0.969 bits per heavy atom. The van der Waals surface area contributed by atoms with Crippen LogP contribution in [0.1, 0.15) is 59.9 Å². The molecule has 32 heavy (non-hydrogen) atoms. The maximum Gasteiger partial charge on any atom is 0.178 e. The molecule has 0 bridgehead atoms. The van der Waals surface area contributed by atoms with Crippen molar-refractivity contribution < 1.29 is 0 Å². The van der Waals surface area contributed by atoms with Crippen LogP contribution in [0, 0.1) is 10.8 Å². The first kappa shape index (κ1) is 22.3. The Kier molecular flexibility index (Phi) is 5.74. The van der Waals surface area contributed by atoms with Gasteiger partial charge in [0.2, 0.25) is 0 Å². The van der Waals surface area contributed by atoms with Crippen molar-refractivity contribution in [1.29, 1.82) is 0 Å². The van der Waals surface area contributed by atoms with Gasteiger partial charge < -0.3 is 9.80 Å². The molecule has 0 amide bonds. The molecule has 2 aromatic carbocycles. The molecule has 0 unspecified atom stereocenters. The van der Waals surface area contributed by atoms with Crippen molar-refractivity contribution in [2.45, 2.75) is 67.5 Å². The van der Waals surface area contributed by atoms with Crippen molar-refractivity contribution in [3.8, 4) is 0 Å². The molecule has 168 valence electrons. The lowest BCUT2D eigenvalue weighted by atomic mass is 9.85. The summed E-state index contributed by atoms with van der Waals surface area (Å²) in [6.07, 6.45) is 1.88. The molecule has 3 aromatic rings. The van der Waals surface area contributed by atoms with Crippen molar-refractivity contribution in [3.05, 3.63) is 72.1 Å². The summed E-state index contributed by atoms with van der Waals surface area (Å²) >= 11 is 0. The number of para-hydroxylation sites is 2. The molecule has 1 aliphatic heterocycles. The van der Waals surface area contributed by atoms with Gasteiger partial charge in [-0.15, -0.1) is 0 Å². The second-order valence-corrected chi connectivity index (χ2v) is 11.3. The summed E-state index contributed by atoms with van der Waals surface area (Å²) in [5.41, 5.74) is 4.79. The molecule has 0 spiro atoms. The van der Waals surface area contributed by atoms with E-state index in [9.17, 15) is 0 Å². The van der Waals surface area contributed by atoms with Gasteiger partial charge in [0.1, 0.15) is 6.17 Å². The Labute approximate surface area is 193 Å². The van der Waals surface area contributed by atoms with E-state index in [0.717, 1.165) is 47.2 Å². The standard InChI is InChI=1S/C28H36N4/c1-20-31(21-14-10-8-11-15-21)25-26(32(20)22-16-12-9-13-17-22)30-24(19-28(5,6)7)23(29-25)18-27(2,3)4/h8-17,20H,18-19H2,1-7H3. The summed E-state index contributed by atoms with van der Waals surface area (Å²) in [4.78, 5) is 15.3. The number of aromatic nitrogens is 2. The fraction of sp³-hybridized carbons (Fsp3) is 0.429. The molecule has 0 fully saturated rings. The largest absolute Gasteiger partial charge is 0.302 e. The van der Waals surface area contributed by atoms with Gasteiger partial charge >= 0.3 is 0 Å². The molecule has 0 saturated carbocycles. The van der Waals surface area contributed by atoms with Gasteiger partial charge in [0.25, 0.3) is 0 Å². The van der Waals surface area contributed by atoms with Crippen LogP contribution >= 0.6 is 0 Å². The zero-order valence-electron chi connectivity index (χ0n) is 20.6. The lowest BCUT2D eigenvalue weighted by Crippen LogP contribution is -2.35. The average Bonchev–Trinajstić information content (AvgIpc) is 2.98. The quantitative estimate of drug-likeness (QED) is 0.437. The van der Waals surface area contributed by atoms with E-state index in [1.165, 1.54) is 0 Å². The van der Waals surface area contributed by atoms with E-state index in [2.05, 4.69) is 119 Å². The monoisotopic (exact) mass is 428 g/mol. The van der Waals surface area contributed by atoms with Gasteiger partial charge in [-0.3, -0.25) is 0 Å². The van der Waals surface area contributed by atoms with Crippen molar-refractivity contribution in [3.63, 3.8) is 0 Å². The average molecular weight is 429 g/mol. The fourth-order valence-electron chi connectivity index (χ4n) is 4.42. The molecular weight excluding hydrogens is 392 g/mol. The van der Waals surface area contributed by atoms with Crippen LogP contribution in [0.4, 0.5) is 23.0 Å². The molecule has 2 heterocycles. The molecule has 0 N–H and O–H groups in total. The van der Waals surface area contributed by atoms with E-state index in [1.807, 2.05) is 0 Å². The van der Waals surface area contributed by atoms with E-state index in [1.54, 1.807) is 0 Å². The van der Waals surface area contributed by atoms with Crippen LogP contribution in [0.2, 0.25) is 0 Å². The minimum Gasteiger partial charge on any atom is -0.302 e. The number of hydrogen-bond donors (Lipinski definition) is 0. The van der Waals surface area contributed by atoms with Crippen LogP contribution in [0.25, 0.3) is 0 Å². The van der Waals surface area contributed by atoms with Crippen LogP contribution in [0.5, 0.6) is 0 Å². The molecule has 0 aliphatic carbocycles. The number of hydrogen-bond acceptors (Lipinski definition) is 4. The molecule has 4 nitrogen and oxygen atoms in total. The normalized spacial score (nSPS) is 14.7. The van der Waals surface area contributed by atoms with Crippen molar-refractivity contribution in [2.24, 2.45) is 10.8 Å². The van der Waals surface area contributed by atoms with Gasteiger partial charge in [0.15, 0.2) is 11.6 Å². The van der Waals surface area contributed by atoms with Gasteiger partial charge in [0, 0.05) is 11.4 Å². The highest BCUT2D eigenvalue weighted by molar-refractivity contribution is 5.83. The highest BCUT2D eigenvalue weighted by Gasteiger charge is 2.39. The van der Waals surface area contributed by atoms with Gasteiger partial charge in [-0.2, -0.15) is 0 Å². The zero-order chi connectivity index (χ0) is 23.1. The van der Waals surface area contributed by atoms with Crippen LogP contribution in [0.15, 0.2) is 60.7 Å². The SMILES string of the molecule is CC1N(c2ccccc2)c2nc(CC(C)(C)C)c(CC(C)(C)C)nc2N1c1ccccc1. The summed E-state index contributed by atoms with van der Waals surface area (Å²) < 4.78 is 0. The van der Waals surface area contributed by atoms with Gasteiger partial charge in [-0.1, -0.05) is 77.9 Å². The van der Waals surface area contributed by atoms with Crippen molar-refractivity contribution in [2.75, 3.05) is 9.80 Å². The Morgan fingerprint density at radius 1 is 0.625 bits per heavy atom. The molecule has 4 heteroatoms. The number of benzene rings is 2. The third-order valence-electron chi connectivity index (χ3n) is 5.68. The van der Waals surface area contributed by atoms with E-state index in [-0.39, 0.29) is 17.0 Å². The summed E-state index contributed by atoms with van der Waals surface area (Å²) in [7, 11) is 0. The molecule has 0 saturated heterocycles. The summed E-state index contributed by atoms with van der Waals surface area (Å²) in [6, 6.07) is 21.1. The third-order valence-corrected chi connectivity index (χ3v) is 5.68. The summed E-state index contributed by atoms with van der Waals surface area (Å²) in [5, 5.41) is 0. The van der Waals surface area contributed by atoms with Gasteiger partial charge in [-0.25, -0.2) is 9.97 Å². The Hall–Kier alpha value is -2.88. The number of nitrogens with zero attached hydrogens (tertiary/aromatic N) is 4. The number of rotatable bonds is 4. The highest BCUT2D eigenvalue weighted by atomic mass is 15.5. The summed E-state index contributed by atoms with van der Waals surface area (Å²) in [5.74, 6) is 1.90. The van der Waals surface area contributed by atoms with Gasteiger partial charge in [0.05, 0.1) is 11.4 Å². The third kappa shape index (κ3) is 4.64. The van der Waals surface area contributed by atoms with E-state index < -0.39 is 0 Å². The Bertz CT molecular complexity index is 976. The molecule has 1 aromatic heterocycles. The lowest BCUT2D eigenvalue weighted by molar-refractivity contribution is 0.384. The molecule has 1 aliphatic rings. The Morgan fingerprint density at radius 3 is 1.28 bits per heavy atom. The van der Waals surface area contributed by atoms with Crippen LogP contribution in [0.3, 0.4) is 0 Å².